The van der Waals surface area contributed by atoms with E-state index in [0.29, 0.717) is 6.04 Å². The molecule has 1 saturated heterocycles. The minimum atomic E-state index is 0.431. The van der Waals surface area contributed by atoms with E-state index in [1.807, 2.05) is 0 Å². The molecule has 3 heteroatoms. The third kappa shape index (κ3) is 4.01. The summed E-state index contributed by atoms with van der Waals surface area (Å²) < 4.78 is 1.21. The lowest BCUT2D eigenvalue weighted by atomic mass is 10.0. The Morgan fingerprint density at radius 1 is 1.35 bits per heavy atom. The van der Waals surface area contributed by atoms with Crippen LogP contribution in [0.4, 0.5) is 0 Å². The van der Waals surface area contributed by atoms with E-state index in [2.05, 4.69) is 64.2 Å². The first-order chi connectivity index (χ1) is 8.27. The van der Waals surface area contributed by atoms with Crippen LogP contribution in [0.25, 0.3) is 0 Å². The van der Waals surface area contributed by atoms with Crippen LogP contribution in [0.1, 0.15) is 31.4 Å². The van der Waals surface area contributed by atoms with E-state index in [-0.39, 0.29) is 0 Å². The first-order valence-corrected chi connectivity index (χ1v) is 8.27. The fourth-order valence-corrected chi connectivity index (χ4v) is 4.06. The molecule has 94 valence electrons. The van der Waals surface area contributed by atoms with E-state index < -0.39 is 0 Å². The summed E-state index contributed by atoms with van der Waals surface area (Å²) in [6.45, 7) is 3.40. The average Bonchev–Trinajstić information content (AvgIpc) is 2.38. The van der Waals surface area contributed by atoms with Gasteiger partial charge in [0.25, 0.3) is 0 Å². The molecule has 1 atom stereocenters. The molecule has 17 heavy (non-hydrogen) atoms. The topological polar surface area (TPSA) is 12.0 Å². The number of hydrogen-bond acceptors (Lipinski definition) is 2. The van der Waals surface area contributed by atoms with Gasteiger partial charge in [0.1, 0.15) is 0 Å². The molecule has 1 N–H and O–H groups in total. The van der Waals surface area contributed by atoms with E-state index in [4.69, 9.17) is 0 Å². The first-order valence-electron chi connectivity index (χ1n) is 6.33. The number of nitrogens with one attached hydrogen (secondary N) is 1. The zero-order valence-corrected chi connectivity index (χ0v) is 12.7. The van der Waals surface area contributed by atoms with Crippen molar-refractivity contribution < 1.29 is 0 Å². The number of rotatable bonds is 4. The molecule has 0 saturated carbocycles. The molecular formula is C14H20BrNS. The maximum absolute atomic E-state index is 3.67. The van der Waals surface area contributed by atoms with E-state index in [1.54, 1.807) is 0 Å². The molecule has 1 aromatic rings. The Hall–Kier alpha value is 0.01000. The summed E-state index contributed by atoms with van der Waals surface area (Å²) in [4.78, 5) is 0. The molecule has 0 aromatic heterocycles. The number of hydrogen-bond donors (Lipinski definition) is 1. The van der Waals surface area contributed by atoms with E-state index in [1.165, 1.54) is 34.4 Å². The van der Waals surface area contributed by atoms with Crippen LogP contribution in [0, 0.1) is 5.92 Å². The Morgan fingerprint density at radius 2 is 2.06 bits per heavy atom. The van der Waals surface area contributed by atoms with E-state index >= 15 is 0 Å². The summed E-state index contributed by atoms with van der Waals surface area (Å²) in [5.41, 5.74) is 1.36. The molecule has 1 fully saturated rings. The molecule has 1 aliphatic rings. The summed E-state index contributed by atoms with van der Waals surface area (Å²) in [7, 11) is 0. The zero-order chi connectivity index (χ0) is 12.1. The Balaban J connectivity index is 1.84. The third-order valence-electron chi connectivity index (χ3n) is 3.43. The van der Waals surface area contributed by atoms with Crippen molar-refractivity contribution in [2.24, 2.45) is 5.92 Å². The molecular weight excluding hydrogens is 294 g/mol. The van der Waals surface area contributed by atoms with Crippen LogP contribution < -0.4 is 5.32 Å². The van der Waals surface area contributed by atoms with Crippen molar-refractivity contribution in [3.63, 3.8) is 0 Å². The Kier molecular flexibility index (Phi) is 5.39. The Morgan fingerprint density at radius 3 is 2.76 bits per heavy atom. The summed E-state index contributed by atoms with van der Waals surface area (Å²) in [6.07, 6.45) is 2.75. The number of benzene rings is 1. The highest BCUT2D eigenvalue weighted by Crippen LogP contribution is 2.25. The molecule has 0 bridgehead atoms. The Labute approximate surface area is 117 Å². The van der Waals surface area contributed by atoms with Crippen LogP contribution in [0.2, 0.25) is 0 Å². The fourth-order valence-electron chi connectivity index (χ4n) is 2.23. The minimum Gasteiger partial charge on any atom is -0.310 e. The second-order valence-corrected chi connectivity index (χ2v) is 6.79. The van der Waals surface area contributed by atoms with Gasteiger partial charge in [-0.2, -0.15) is 11.8 Å². The van der Waals surface area contributed by atoms with Crippen molar-refractivity contribution in [3.05, 3.63) is 34.3 Å². The van der Waals surface area contributed by atoms with Crippen LogP contribution in [0.5, 0.6) is 0 Å². The molecule has 2 rings (SSSR count). The van der Waals surface area contributed by atoms with Crippen LogP contribution in [0.15, 0.2) is 28.7 Å². The van der Waals surface area contributed by atoms with Gasteiger partial charge in [-0.05, 0) is 55.4 Å². The normalized spacial score (nSPS) is 19.2. The van der Waals surface area contributed by atoms with Gasteiger partial charge < -0.3 is 5.32 Å². The van der Waals surface area contributed by atoms with Crippen molar-refractivity contribution in [3.8, 4) is 0 Å². The van der Waals surface area contributed by atoms with Crippen molar-refractivity contribution in [1.82, 2.24) is 5.32 Å². The summed E-state index contributed by atoms with van der Waals surface area (Å²) in [5, 5.41) is 3.67. The van der Waals surface area contributed by atoms with Gasteiger partial charge in [0.15, 0.2) is 0 Å². The highest BCUT2D eigenvalue weighted by molar-refractivity contribution is 9.10. The minimum absolute atomic E-state index is 0.431. The fraction of sp³-hybridized carbons (Fsp3) is 0.571. The maximum atomic E-state index is 3.67. The second-order valence-electron chi connectivity index (χ2n) is 4.71. The van der Waals surface area contributed by atoms with Crippen molar-refractivity contribution >= 4 is 27.7 Å². The molecule has 1 aliphatic heterocycles. The van der Waals surface area contributed by atoms with Gasteiger partial charge in [-0.3, -0.25) is 0 Å². The third-order valence-corrected chi connectivity index (χ3v) is 5.20. The van der Waals surface area contributed by atoms with E-state index in [9.17, 15) is 0 Å². The monoisotopic (exact) mass is 313 g/mol. The molecule has 1 nitrogen and oxygen atoms in total. The average molecular weight is 314 g/mol. The van der Waals surface area contributed by atoms with Gasteiger partial charge in [-0.25, -0.2) is 0 Å². The second kappa shape index (κ2) is 6.81. The van der Waals surface area contributed by atoms with Crippen LogP contribution in [-0.2, 0) is 0 Å². The molecule has 0 aliphatic carbocycles. The van der Waals surface area contributed by atoms with Crippen molar-refractivity contribution in [1.29, 1.82) is 0 Å². The number of thioether (sulfide) groups is 1. The van der Waals surface area contributed by atoms with Crippen molar-refractivity contribution in [2.75, 3.05) is 18.1 Å². The van der Waals surface area contributed by atoms with Gasteiger partial charge in [0.2, 0.25) is 0 Å². The van der Waals surface area contributed by atoms with Gasteiger partial charge in [-0.1, -0.05) is 34.1 Å². The molecule has 1 heterocycles. The molecule has 1 aromatic carbocycles. The summed E-state index contributed by atoms with van der Waals surface area (Å²) in [5.74, 6) is 3.56. The highest BCUT2D eigenvalue weighted by Gasteiger charge is 2.15. The lowest BCUT2D eigenvalue weighted by Crippen LogP contribution is -2.28. The summed E-state index contributed by atoms with van der Waals surface area (Å²) >= 11 is 5.72. The van der Waals surface area contributed by atoms with Gasteiger partial charge in [0, 0.05) is 10.5 Å². The zero-order valence-electron chi connectivity index (χ0n) is 10.3. The Bertz CT molecular complexity index is 350. The standard InChI is InChI=1S/C14H20BrNS/c1-11(13-4-2-3-5-14(13)15)16-10-12-6-8-17-9-7-12/h2-5,11-12,16H,6-10H2,1H3. The summed E-state index contributed by atoms with van der Waals surface area (Å²) in [6, 6.07) is 8.91. The highest BCUT2D eigenvalue weighted by atomic mass is 79.9. The van der Waals surface area contributed by atoms with Gasteiger partial charge in [0.05, 0.1) is 0 Å². The predicted molar refractivity (Wildman–Crippen MR) is 80.6 cm³/mol. The van der Waals surface area contributed by atoms with E-state index in [0.717, 1.165) is 12.5 Å². The van der Waals surface area contributed by atoms with Crippen LogP contribution in [-0.4, -0.2) is 18.1 Å². The molecule has 0 radical (unpaired) electrons. The predicted octanol–water partition coefficient (Wildman–Crippen LogP) is 4.24. The number of halogens is 1. The van der Waals surface area contributed by atoms with Gasteiger partial charge in [-0.15, -0.1) is 0 Å². The lowest BCUT2D eigenvalue weighted by molar-refractivity contribution is 0.420. The van der Waals surface area contributed by atoms with Crippen molar-refractivity contribution in [2.45, 2.75) is 25.8 Å². The molecule has 0 spiro atoms. The van der Waals surface area contributed by atoms with Gasteiger partial charge >= 0.3 is 0 Å². The quantitative estimate of drug-likeness (QED) is 0.892. The van der Waals surface area contributed by atoms with Crippen LogP contribution in [0.3, 0.4) is 0 Å². The maximum Gasteiger partial charge on any atom is 0.0303 e. The van der Waals surface area contributed by atoms with Crippen LogP contribution >= 0.6 is 27.7 Å². The molecule has 1 unspecified atom stereocenters. The lowest BCUT2D eigenvalue weighted by Gasteiger charge is -2.24. The first kappa shape index (κ1) is 13.4. The molecule has 0 amide bonds. The SMILES string of the molecule is CC(NCC1CCSCC1)c1ccccc1Br. The smallest absolute Gasteiger partial charge is 0.0303 e. The largest absolute Gasteiger partial charge is 0.310 e.